The maximum absolute atomic E-state index is 12.9. The summed E-state index contributed by atoms with van der Waals surface area (Å²) < 4.78 is 1.96. The van der Waals surface area contributed by atoms with Crippen molar-refractivity contribution in [2.45, 2.75) is 25.4 Å². The predicted molar refractivity (Wildman–Crippen MR) is 113 cm³/mol. The number of anilines is 1. The number of likely N-dealkylation sites (tertiary alicyclic amines) is 1. The number of para-hydroxylation sites is 1. The van der Waals surface area contributed by atoms with Gasteiger partial charge in [0.1, 0.15) is 0 Å². The van der Waals surface area contributed by atoms with Crippen LogP contribution in [0.1, 0.15) is 28.8 Å². The Labute approximate surface area is 169 Å². The highest BCUT2D eigenvalue weighted by Crippen LogP contribution is 2.24. The van der Waals surface area contributed by atoms with E-state index in [1.165, 1.54) is 0 Å². The molecule has 0 spiro atoms. The zero-order valence-corrected chi connectivity index (χ0v) is 16.1. The normalized spacial score (nSPS) is 16.6. The Bertz CT molecular complexity index is 1010. The first-order valence-electron chi connectivity index (χ1n) is 9.78. The van der Waals surface area contributed by atoms with Gasteiger partial charge in [-0.2, -0.15) is 0 Å². The molecule has 2 heterocycles. The summed E-state index contributed by atoms with van der Waals surface area (Å²) in [5.74, 6) is -0.454. The molecule has 3 N–H and O–H groups in total. The molecule has 2 aromatic carbocycles. The van der Waals surface area contributed by atoms with Crippen molar-refractivity contribution < 1.29 is 9.59 Å². The molecule has 0 bridgehead atoms. The first kappa shape index (κ1) is 19.0. The molecule has 0 saturated carbocycles. The van der Waals surface area contributed by atoms with Gasteiger partial charge < -0.3 is 15.6 Å². The molecule has 6 heteroatoms. The molecule has 0 radical (unpaired) electrons. The fraction of sp³-hybridized carbons (Fsp3) is 0.217. The lowest BCUT2D eigenvalue weighted by Gasteiger charge is -2.23. The molecule has 6 nitrogen and oxygen atoms in total. The van der Waals surface area contributed by atoms with Crippen LogP contribution in [0.4, 0.5) is 5.69 Å². The highest BCUT2D eigenvalue weighted by atomic mass is 16.2. The average Bonchev–Trinajstić information content (AvgIpc) is 3.41. The van der Waals surface area contributed by atoms with Crippen molar-refractivity contribution in [2.24, 2.45) is 5.73 Å². The van der Waals surface area contributed by atoms with Crippen LogP contribution in [0.25, 0.3) is 5.69 Å². The molecule has 3 aromatic rings. The number of hydrogen-bond acceptors (Lipinski definition) is 3. The van der Waals surface area contributed by atoms with Gasteiger partial charge in [-0.3, -0.25) is 14.5 Å². The van der Waals surface area contributed by atoms with Crippen LogP contribution < -0.4 is 11.1 Å². The number of hydrogen-bond donors (Lipinski definition) is 2. The van der Waals surface area contributed by atoms with Crippen molar-refractivity contribution in [1.82, 2.24) is 9.47 Å². The van der Waals surface area contributed by atoms with Crippen molar-refractivity contribution in [2.75, 3.05) is 11.9 Å². The number of carbonyl (C=O) groups is 2. The highest BCUT2D eigenvalue weighted by Gasteiger charge is 2.29. The minimum Gasteiger partial charge on any atom is -0.368 e. The van der Waals surface area contributed by atoms with Gasteiger partial charge in [0, 0.05) is 35.9 Å². The monoisotopic (exact) mass is 388 g/mol. The summed E-state index contributed by atoms with van der Waals surface area (Å²) in [5, 5.41) is 3.03. The van der Waals surface area contributed by atoms with Gasteiger partial charge in [0.2, 0.25) is 5.91 Å². The third kappa shape index (κ3) is 4.22. The van der Waals surface area contributed by atoms with Gasteiger partial charge >= 0.3 is 0 Å². The van der Waals surface area contributed by atoms with E-state index in [1.807, 2.05) is 71.6 Å². The summed E-state index contributed by atoms with van der Waals surface area (Å²) in [4.78, 5) is 26.7. The summed E-state index contributed by atoms with van der Waals surface area (Å²) in [6.45, 7) is 1.41. The average molecular weight is 388 g/mol. The second-order valence-corrected chi connectivity index (χ2v) is 7.28. The number of aromatic nitrogens is 1. The molecular formula is C23H24N4O2. The van der Waals surface area contributed by atoms with Crippen LogP contribution in [0, 0.1) is 0 Å². The topological polar surface area (TPSA) is 80.4 Å². The lowest BCUT2D eigenvalue weighted by Crippen LogP contribution is -2.39. The minimum absolute atomic E-state index is 0.167. The molecule has 1 aliphatic rings. The Morgan fingerprint density at radius 2 is 1.83 bits per heavy atom. The van der Waals surface area contributed by atoms with Gasteiger partial charge in [-0.15, -0.1) is 0 Å². The molecule has 2 amide bonds. The van der Waals surface area contributed by atoms with E-state index in [-0.39, 0.29) is 17.9 Å². The lowest BCUT2D eigenvalue weighted by atomic mass is 10.1. The summed E-state index contributed by atoms with van der Waals surface area (Å²) in [6, 6.07) is 18.8. The lowest BCUT2D eigenvalue weighted by molar-refractivity contribution is -0.122. The van der Waals surface area contributed by atoms with Crippen LogP contribution in [0.3, 0.4) is 0 Å². The van der Waals surface area contributed by atoms with Gasteiger partial charge in [-0.25, -0.2) is 0 Å². The van der Waals surface area contributed by atoms with Gasteiger partial charge in [0.15, 0.2) is 0 Å². The Kier molecular flexibility index (Phi) is 5.44. The summed E-state index contributed by atoms with van der Waals surface area (Å²) in [6.07, 6.45) is 5.62. The van der Waals surface area contributed by atoms with Gasteiger partial charge in [0.05, 0.1) is 6.04 Å². The SMILES string of the molecule is NC(=O)C1CCCN1Cc1ccccc1NC(=O)c1cccc(-n2cccc2)c1. The quantitative estimate of drug-likeness (QED) is 0.681. The predicted octanol–water partition coefficient (Wildman–Crippen LogP) is 3.18. The fourth-order valence-electron chi connectivity index (χ4n) is 3.85. The van der Waals surface area contributed by atoms with E-state index in [4.69, 9.17) is 5.73 Å². The second-order valence-electron chi connectivity index (χ2n) is 7.28. The van der Waals surface area contributed by atoms with E-state index >= 15 is 0 Å². The van der Waals surface area contributed by atoms with Crippen LogP contribution >= 0.6 is 0 Å². The molecule has 1 unspecified atom stereocenters. The maximum Gasteiger partial charge on any atom is 0.255 e. The maximum atomic E-state index is 12.9. The highest BCUT2D eigenvalue weighted by molar-refractivity contribution is 6.05. The molecule has 0 aliphatic carbocycles. The molecule has 1 aromatic heterocycles. The second kappa shape index (κ2) is 8.32. The van der Waals surface area contributed by atoms with Crippen molar-refractivity contribution in [3.05, 3.63) is 84.2 Å². The van der Waals surface area contributed by atoms with Crippen molar-refractivity contribution in [3.8, 4) is 5.69 Å². The molecule has 4 rings (SSSR count). The summed E-state index contributed by atoms with van der Waals surface area (Å²) in [5.41, 5.74) is 8.77. The van der Waals surface area contributed by atoms with E-state index in [0.29, 0.717) is 12.1 Å². The van der Waals surface area contributed by atoms with Crippen LogP contribution in [0.2, 0.25) is 0 Å². The smallest absolute Gasteiger partial charge is 0.255 e. The zero-order chi connectivity index (χ0) is 20.2. The number of nitrogens with one attached hydrogen (secondary N) is 1. The molecule has 1 aliphatic heterocycles. The number of benzene rings is 2. The molecule has 1 atom stereocenters. The van der Waals surface area contributed by atoms with Crippen LogP contribution in [-0.4, -0.2) is 33.9 Å². The Morgan fingerprint density at radius 1 is 1.03 bits per heavy atom. The zero-order valence-electron chi connectivity index (χ0n) is 16.1. The van der Waals surface area contributed by atoms with E-state index in [9.17, 15) is 9.59 Å². The Morgan fingerprint density at radius 3 is 2.62 bits per heavy atom. The van der Waals surface area contributed by atoms with Crippen molar-refractivity contribution >= 4 is 17.5 Å². The number of nitrogens with zero attached hydrogens (tertiary/aromatic N) is 2. The van der Waals surface area contributed by atoms with Gasteiger partial charge in [-0.05, 0) is 61.3 Å². The number of amides is 2. The molecule has 29 heavy (non-hydrogen) atoms. The van der Waals surface area contributed by atoms with Crippen LogP contribution in [0.5, 0.6) is 0 Å². The number of rotatable bonds is 6. The van der Waals surface area contributed by atoms with Crippen LogP contribution in [-0.2, 0) is 11.3 Å². The number of primary amides is 1. The molecule has 148 valence electrons. The third-order valence-corrected chi connectivity index (χ3v) is 5.34. The Hall–Kier alpha value is -3.38. The van der Waals surface area contributed by atoms with E-state index in [2.05, 4.69) is 10.2 Å². The fourth-order valence-corrected chi connectivity index (χ4v) is 3.85. The summed E-state index contributed by atoms with van der Waals surface area (Å²) in [7, 11) is 0. The van der Waals surface area contributed by atoms with E-state index in [0.717, 1.165) is 36.3 Å². The van der Waals surface area contributed by atoms with Gasteiger partial charge in [-0.1, -0.05) is 24.3 Å². The molecular weight excluding hydrogens is 364 g/mol. The Balaban J connectivity index is 1.52. The number of nitrogens with two attached hydrogens (primary N) is 1. The van der Waals surface area contributed by atoms with Crippen molar-refractivity contribution in [1.29, 1.82) is 0 Å². The standard InChI is InChI=1S/C23H24N4O2/c24-22(28)21-11-6-14-27(21)16-18-7-1-2-10-20(18)25-23(29)17-8-5-9-19(15-17)26-12-3-4-13-26/h1-5,7-10,12-13,15,21H,6,11,14,16H2,(H2,24,28)(H,25,29). The molecule has 1 saturated heterocycles. The molecule has 1 fully saturated rings. The summed E-state index contributed by atoms with van der Waals surface area (Å²) >= 11 is 0. The van der Waals surface area contributed by atoms with Crippen molar-refractivity contribution in [3.63, 3.8) is 0 Å². The van der Waals surface area contributed by atoms with Gasteiger partial charge in [0.25, 0.3) is 5.91 Å². The largest absolute Gasteiger partial charge is 0.368 e. The first-order valence-corrected chi connectivity index (χ1v) is 9.78. The van der Waals surface area contributed by atoms with E-state index in [1.54, 1.807) is 6.07 Å². The minimum atomic E-state index is -0.286. The first-order chi connectivity index (χ1) is 14.1. The van der Waals surface area contributed by atoms with Crippen LogP contribution in [0.15, 0.2) is 73.1 Å². The number of carbonyl (C=O) groups excluding carboxylic acids is 2. The van der Waals surface area contributed by atoms with E-state index < -0.39 is 0 Å². The third-order valence-electron chi connectivity index (χ3n) is 5.34.